The Labute approximate surface area is 210 Å². The number of amides is 1. The first-order valence-electron chi connectivity index (χ1n) is 12.1. The molecule has 1 fully saturated rings. The van der Waals surface area contributed by atoms with Crippen molar-refractivity contribution < 1.29 is 19.5 Å². The second kappa shape index (κ2) is 10.7. The smallest absolute Gasteiger partial charge is 0.304 e. The summed E-state index contributed by atoms with van der Waals surface area (Å²) in [6.45, 7) is 0.223. The fourth-order valence-electron chi connectivity index (χ4n) is 5.05. The quantitative estimate of drug-likeness (QED) is 0.296. The van der Waals surface area contributed by atoms with Crippen molar-refractivity contribution in [1.82, 2.24) is 4.90 Å². The van der Waals surface area contributed by atoms with Crippen LogP contribution >= 0.6 is 0 Å². The molecule has 186 valence electrons. The number of carbonyl (C=O) groups excluding carboxylic acids is 2. The number of hydrogen-bond donors (Lipinski definition) is 3. The minimum atomic E-state index is -1.29. The number of nitrogen functional groups attached to an aromatic ring is 1. The molecule has 0 saturated carbocycles. The van der Waals surface area contributed by atoms with Crippen LogP contribution in [0.1, 0.15) is 35.2 Å². The molecule has 7 heteroatoms. The van der Waals surface area contributed by atoms with Crippen molar-refractivity contribution in [3.63, 3.8) is 0 Å². The van der Waals surface area contributed by atoms with Gasteiger partial charge in [-0.15, -0.1) is 0 Å². The summed E-state index contributed by atoms with van der Waals surface area (Å²) in [5, 5.41) is 9.50. The van der Waals surface area contributed by atoms with E-state index in [0.717, 1.165) is 23.1 Å². The number of nitrogens with two attached hydrogens (primary N) is 2. The molecule has 1 saturated heterocycles. The van der Waals surface area contributed by atoms with Crippen molar-refractivity contribution in [2.45, 2.75) is 31.7 Å². The normalized spacial score (nSPS) is 19.4. The predicted octanol–water partition coefficient (Wildman–Crippen LogP) is 3.77. The Hall–Kier alpha value is -3.97. The lowest BCUT2D eigenvalue weighted by atomic mass is 9.80. The van der Waals surface area contributed by atoms with E-state index in [1.165, 1.54) is 0 Å². The number of Topliss-reactive ketones (excluding diaryl/α,β-unsaturated/α-hetero) is 1. The number of carboxylic acid groups (broad SMARTS) is 1. The van der Waals surface area contributed by atoms with Gasteiger partial charge in [-0.25, -0.2) is 0 Å². The third-order valence-corrected chi connectivity index (χ3v) is 6.93. The number of carboxylic acids is 1. The Morgan fingerprint density at radius 2 is 1.67 bits per heavy atom. The summed E-state index contributed by atoms with van der Waals surface area (Å²) in [6.07, 6.45) is 1.08. The van der Waals surface area contributed by atoms with Crippen LogP contribution in [-0.2, 0) is 16.0 Å². The number of benzene rings is 3. The molecule has 36 heavy (non-hydrogen) atoms. The monoisotopic (exact) mass is 485 g/mol. The van der Waals surface area contributed by atoms with Gasteiger partial charge < -0.3 is 21.5 Å². The van der Waals surface area contributed by atoms with Gasteiger partial charge in [-0.05, 0) is 54.2 Å². The molecule has 4 rings (SSSR count). The van der Waals surface area contributed by atoms with Crippen molar-refractivity contribution in [1.29, 1.82) is 0 Å². The van der Waals surface area contributed by atoms with E-state index in [9.17, 15) is 19.5 Å². The van der Waals surface area contributed by atoms with Crippen LogP contribution in [0.3, 0.4) is 0 Å². The molecule has 3 aromatic carbocycles. The highest BCUT2D eigenvalue weighted by Crippen LogP contribution is 2.40. The van der Waals surface area contributed by atoms with Gasteiger partial charge in [0.25, 0.3) is 0 Å². The average molecular weight is 486 g/mol. The van der Waals surface area contributed by atoms with Crippen LogP contribution in [0.5, 0.6) is 0 Å². The van der Waals surface area contributed by atoms with Crippen LogP contribution in [0.15, 0.2) is 78.9 Å². The number of aliphatic carboxylic acids is 1. The molecule has 0 bridgehead atoms. The van der Waals surface area contributed by atoms with Crippen molar-refractivity contribution >= 4 is 23.3 Å². The number of likely N-dealkylation sites (tertiary alicyclic amines) is 1. The van der Waals surface area contributed by atoms with Crippen molar-refractivity contribution in [2.75, 3.05) is 18.8 Å². The van der Waals surface area contributed by atoms with E-state index in [2.05, 4.69) is 0 Å². The van der Waals surface area contributed by atoms with Gasteiger partial charge in [-0.1, -0.05) is 60.7 Å². The second-order valence-corrected chi connectivity index (χ2v) is 9.43. The van der Waals surface area contributed by atoms with E-state index in [-0.39, 0.29) is 24.7 Å². The molecular weight excluding hydrogens is 454 g/mol. The fraction of sp³-hybridized carbons (Fsp3) is 0.276. The fourth-order valence-corrected chi connectivity index (χ4v) is 5.05. The molecule has 0 aromatic heterocycles. The van der Waals surface area contributed by atoms with Crippen LogP contribution in [0, 0.1) is 5.41 Å². The molecular formula is C29H31N3O4. The number of nitrogens with zero attached hydrogens (tertiary/aromatic N) is 1. The van der Waals surface area contributed by atoms with Crippen LogP contribution in [0.4, 0.5) is 5.69 Å². The Balaban J connectivity index is 1.61. The highest BCUT2D eigenvalue weighted by Gasteiger charge is 2.53. The maximum Gasteiger partial charge on any atom is 0.304 e. The Morgan fingerprint density at radius 3 is 2.33 bits per heavy atom. The van der Waals surface area contributed by atoms with E-state index < -0.39 is 23.8 Å². The van der Waals surface area contributed by atoms with Gasteiger partial charge in [-0.2, -0.15) is 0 Å². The molecule has 2 atom stereocenters. The lowest BCUT2D eigenvalue weighted by Gasteiger charge is -2.25. The minimum Gasteiger partial charge on any atom is -0.481 e. The van der Waals surface area contributed by atoms with E-state index >= 15 is 0 Å². The van der Waals surface area contributed by atoms with Gasteiger partial charge in [0.05, 0.1) is 17.9 Å². The summed E-state index contributed by atoms with van der Waals surface area (Å²) in [5.74, 6) is -1.67. The topological polar surface area (TPSA) is 127 Å². The summed E-state index contributed by atoms with van der Waals surface area (Å²) in [4.78, 5) is 40.5. The predicted molar refractivity (Wildman–Crippen MR) is 139 cm³/mol. The van der Waals surface area contributed by atoms with E-state index in [1.807, 2.05) is 54.6 Å². The van der Waals surface area contributed by atoms with Crippen LogP contribution in [-0.4, -0.2) is 46.8 Å². The largest absolute Gasteiger partial charge is 0.481 e. The van der Waals surface area contributed by atoms with Gasteiger partial charge >= 0.3 is 5.97 Å². The van der Waals surface area contributed by atoms with Crippen molar-refractivity contribution in [3.8, 4) is 11.1 Å². The number of rotatable bonds is 10. The molecule has 7 nitrogen and oxygen atoms in total. The number of carbonyl (C=O) groups is 3. The lowest BCUT2D eigenvalue weighted by Crippen LogP contribution is -2.43. The molecule has 0 aliphatic carbocycles. The SMILES string of the molecule is NC[C@@]1(CC(=O)O)C[C@@H](C(=O)c2cccc(-c3cccc(N)c3)c2)N(CCCc2ccccc2)C1=O. The summed E-state index contributed by atoms with van der Waals surface area (Å²) in [6, 6.07) is 23.8. The van der Waals surface area contributed by atoms with Crippen molar-refractivity contribution in [3.05, 3.63) is 90.0 Å². The summed E-state index contributed by atoms with van der Waals surface area (Å²) in [5.41, 5.74) is 14.6. The van der Waals surface area contributed by atoms with Gasteiger partial charge in [0.2, 0.25) is 5.91 Å². The van der Waals surface area contributed by atoms with Crippen molar-refractivity contribution in [2.24, 2.45) is 11.1 Å². The highest BCUT2D eigenvalue weighted by atomic mass is 16.4. The first-order chi connectivity index (χ1) is 17.3. The lowest BCUT2D eigenvalue weighted by molar-refractivity contribution is -0.146. The van der Waals surface area contributed by atoms with Crippen LogP contribution in [0.25, 0.3) is 11.1 Å². The molecule has 5 N–H and O–H groups in total. The maximum atomic E-state index is 13.8. The summed E-state index contributed by atoms with van der Waals surface area (Å²) < 4.78 is 0. The Morgan fingerprint density at radius 1 is 0.972 bits per heavy atom. The highest BCUT2D eigenvalue weighted by molar-refractivity contribution is 6.05. The molecule has 1 heterocycles. The zero-order valence-electron chi connectivity index (χ0n) is 20.1. The van der Waals surface area contributed by atoms with E-state index in [1.54, 1.807) is 29.2 Å². The third kappa shape index (κ3) is 5.31. The second-order valence-electron chi connectivity index (χ2n) is 9.43. The molecule has 3 aromatic rings. The molecule has 0 unspecified atom stereocenters. The zero-order chi connectivity index (χ0) is 25.7. The molecule has 1 aliphatic heterocycles. The van der Waals surface area contributed by atoms with Crippen LogP contribution in [0.2, 0.25) is 0 Å². The maximum absolute atomic E-state index is 13.8. The molecule has 0 spiro atoms. The molecule has 0 radical (unpaired) electrons. The van der Waals surface area contributed by atoms with Crippen LogP contribution < -0.4 is 11.5 Å². The first kappa shape index (κ1) is 25.1. The average Bonchev–Trinajstić information content (AvgIpc) is 3.15. The van der Waals surface area contributed by atoms with E-state index in [0.29, 0.717) is 24.2 Å². The summed E-state index contributed by atoms with van der Waals surface area (Å²) in [7, 11) is 0. The summed E-state index contributed by atoms with van der Waals surface area (Å²) >= 11 is 0. The minimum absolute atomic E-state index is 0.0846. The van der Waals surface area contributed by atoms with E-state index in [4.69, 9.17) is 11.5 Å². The molecule has 1 amide bonds. The number of aryl methyl sites for hydroxylation is 1. The zero-order valence-corrected chi connectivity index (χ0v) is 20.1. The Kier molecular flexibility index (Phi) is 7.50. The number of hydrogen-bond acceptors (Lipinski definition) is 5. The van der Waals surface area contributed by atoms with Gasteiger partial charge in [0.15, 0.2) is 5.78 Å². The van der Waals surface area contributed by atoms with Gasteiger partial charge in [0.1, 0.15) is 0 Å². The third-order valence-electron chi connectivity index (χ3n) is 6.93. The number of anilines is 1. The standard InChI is InChI=1S/C29H31N3O4/c30-19-29(18-26(33)34)17-25(32(28(29)36)14-6-9-20-7-2-1-3-8-20)27(35)23-12-4-10-21(15-23)22-11-5-13-24(31)16-22/h1-5,7-8,10-13,15-16,25H,6,9,14,17-19,30-31H2,(H,33,34)/t25-,29-/m0/s1. The molecule has 1 aliphatic rings. The Bertz CT molecular complexity index is 1260. The van der Waals surface area contributed by atoms with Gasteiger partial charge in [-0.3, -0.25) is 14.4 Å². The van der Waals surface area contributed by atoms with Gasteiger partial charge in [0, 0.05) is 24.3 Å². The number of ketones is 1. The first-order valence-corrected chi connectivity index (χ1v) is 12.1.